The minimum Gasteiger partial charge on any atom is -0.155 e. The molecule has 2 rings (SSSR count). The van der Waals surface area contributed by atoms with Gasteiger partial charge in [-0.3, -0.25) is 0 Å². The van der Waals surface area contributed by atoms with Gasteiger partial charge in [-0.15, -0.1) is 0 Å². The van der Waals surface area contributed by atoms with Gasteiger partial charge in [0.05, 0.1) is 11.4 Å². The first-order valence-corrected chi connectivity index (χ1v) is 6.94. The van der Waals surface area contributed by atoms with Gasteiger partial charge >= 0.3 is 0 Å². The van der Waals surface area contributed by atoms with Crippen molar-refractivity contribution in [2.45, 2.75) is 20.8 Å². The Bertz CT molecular complexity index is 603. The van der Waals surface area contributed by atoms with Crippen LogP contribution in [0.4, 0.5) is 0 Å². The van der Waals surface area contributed by atoms with E-state index in [0.717, 1.165) is 17.0 Å². The minimum absolute atomic E-state index is 0.932. The summed E-state index contributed by atoms with van der Waals surface area (Å²) in [7, 11) is 0. The van der Waals surface area contributed by atoms with Crippen LogP contribution in [0.3, 0.4) is 0 Å². The van der Waals surface area contributed by atoms with E-state index in [9.17, 15) is 0 Å². The molecule has 2 aromatic rings. The van der Waals surface area contributed by atoms with Crippen LogP contribution in [0.5, 0.6) is 0 Å². The lowest BCUT2D eigenvalue weighted by Gasteiger charge is -2.08. The van der Waals surface area contributed by atoms with E-state index in [4.69, 9.17) is 0 Å². The molecule has 0 amide bonds. The van der Waals surface area contributed by atoms with Crippen molar-refractivity contribution in [1.82, 2.24) is 10.2 Å². The average molecular weight is 350 g/mol. The molecule has 2 nitrogen and oxygen atoms in total. The molecule has 0 saturated carbocycles. The highest BCUT2D eigenvalue weighted by molar-refractivity contribution is 14.1. The number of hydrogen-bond donors (Lipinski definition) is 0. The summed E-state index contributed by atoms with van der Waals surface area (Å²) in [5.41, 5.74) is 5.44. The van der Waals surface area contributed by atoms with Crippen LogP contribution in [-0.2, 0) is 0 Å². The number of hydrogen-bond acceptors (Lipinski definition) is 2. The summed E-state index contributed by atoms with van der Waals surface area (Å²) in [4.78, 5) is 0. The molecule has 3 heteroatoms. The molecule has 0 fully saturated rings. The monoisotopic (exact) mass is 350 g/mol. The zero-order valence-electron chi connectivity index (χ0n) is 10.7. The molecule has 0 radical (unpaired) electrons. The highest BCUT2D eigenvalue weighted by Crippen LogP contribution is 2.26. The van der Waals surface area contributed by atoms with Crippen LogP contribution < -0.4 is 0 Å². The Kier molecular flexibility index (Phi) is 4.11. The van der Waals surface area contributed by atoms with Crippen LogP contribution in [0.1, 0.15) is 25.1 Å². The lowest BCUT2D eigenvalue weighted by atomic mass is 10.0. The fourth-order valence-corrected chi connectivity index (χ4v) is 2.47. The van der Waals surface area contributed by atoms with Crippen LogP contribution in [0.15, 0.2) is 36.4 Å². The van der Waals surface area contributed by atoms with E-state index < -0.39 is 0 Å². The predicted octanol–water partition coefficient (Wildman–Crippen LogP) is 4.48. The lowest BCUT2D eigenvalue weighted by Crippen LogP contribution is -1.97. The second-order valence-electron chi connectivity index (χ2n) is 4.18. The fraction of sp³-hybridized carbons (Fsp3) is 0.200. The maximum absolute atomic E-state index is 4.30. The number of benzene rings is 1. The summed E-state index contributed by atoms with van der Waals surface area (Å²) in [5, 5.41) is 8.58. The van der Waals surface area contributed by atoms with Gasteiger partial charge in [0.2, 0.25) is 0 Å². The van der Waals surface area contributed by atoms with Crippen molar-refractivity contribution in [3.05, 3.63) is 51.2 Å². The Morgan fingerprint density at radius 1 is 1.22 bits per heavy atom. The SMILES string of the molecule is C/C=C(/C)c1cc(-c2ccccc2I)nnc1C. The molecular weight excluding hydrogens is 335 g/mol. The third kappa shape index (κ3) is 2.61. The summed E-state index contributed by atoms with van der Waals surface area (Å²) in [5.74, 6) is 0. The lowest BCUT2D eigenvalue weighted by molar-refractivity contribution is 0.978. The van der Waals surface area contributed by atoms with Crippen LogP contribution in [0, 0.1) is 10.5 Å². The van der Waals surface area contributed by atoms with Crippen LogP contribution >= 0.6 is 22.6 Å². The molecule has 0 unspecified atom stereocenters. The summed E-state index contributed by atoms with van der Waals surface area (Å²) in [6.07, 6.45) is 2.10. The van der Waals surface area contributed by atoms with Crippen molar-refractivity contribution in [2.24, 2.45) is 0 Å². The standard InChI is InChI=1S/C15H15IN2/c1-4-10(2)13-9-15(18-17-11(13)3)12-7-5-6-8-14(12)16/h4-9H,1-3H3/b10-4-. The molecular formula is C15H15IN2. The second kappa shape index (κ2) is 5.61. The van der Waals surface area contributed by atoms with Gasteiger partial charge in [0, 0.05) is 14.7 Å². The Morgan fingerprint density at radius 2 is 1.94 bits per heavy atom. The number of allylic oxidation sites excluding steroid dienone is 2. The van der Waals surface area contributed by atoms with E-state index in [-0.39, 0.29) is 0 Å². The molecule has 0 aliphatic carbocycles. The second-order valence-corrected chi connectivity index (χ2v) is 5.34. The highest BCUT2D eigenvalue weighted by Gasteiger charge is 2.08. The van der Waals surface area contributed by atoms with Gasteiger partial charge in [0.15, 0.2) is 0 Å². The Balaban J connectivity index is 2.58. The Hall–Kier alpha value is -1.23. The normalized spacial score (nSPS) is 11.7. The molecule has 0 aliphatic heterocycles. The number of aryl methyl sites for hydroxylation is 1. The molecule has 92 valence electrons. The third-order valence-corrected chi connectivity index (χ3v) is 3.93. The minimum atomic E-state index is 0.932. The van der Waals surface area contributed by atoms with Crippen molar-refractivity contribution in [3.63, 3.8) is 0 Å². The fourth-order valence-electron chi connectivity index (χ4n) is 1.81. The largest absolute Gasteiger partial charge is 0.155 e. The summed E-state index contributed by atoms with van der Waals surface area (Å²) in [6, 6.07) is 10.3. The zero-order chi connectivity index (χ0) is 13.1. The van der Waals surface area contributed by atoms with Crippen LogP contribution in [0.25, 0.3) is 16.8 Å². The molecule has 0 N–H and O–H groups in total. The molecule has 0 atom stereocenters. The van der Waals surface area contributed by atoms with E-state index in [2.05, 4.69) is 64.0 Å². The van der Waals surface area contributed by atoms with Crippen LogP contribution in [-0.4, -0.2) is 10.2 Å². The quantitative estimate of drug-likeness (QED) is 0.747. The highest BCUT2D eigenvalue weighted by atomic mass is 127. The van der Waals surface area contributed by atoms with E-state index in [1.54, 1.807) is 0 Å². The first-order chi connectivity index (χ1) is 8.63. The molecule has 18 heavy (non-hydrogen) atoms. The van der Waals surface area contributed by atoms with Gasteiger partial charge in [-0.1, -0.05) is 24.3 Å². The van der Waals surface area contributed by atoms with Crippen molar-refractivity contribution < 1.29 is 0 Å². The van der Waals surface area contributed by atoms with Crippen molar-refractivity contribution >= 4 is 28.2 Å². The Morgan fingerprint density at radius 3 is 2.61 bits per heavy atom. The van der Waals surface area contributed by atoms with E-state index in [0.29, 0.717) is 0 Å². The predicted molar refractivity (Wildman–Crippen MR) is 84.2 cm³/mol. The average Bonchev–Trinajstić information content (AvgIpc) is 2.39. The molecule has 0 bridgehead atoms. The number of halogens is 1. The smallest absolute Gasteiger partial charge is 0.0946 e. The van der Waals surface area contributed by atoms with Crippen molar-refractivity contribution in [1.29, 1.82) is 0 Å². The topological polar surface area (TPSA) is 25.8 Å². The van der Waals surface area contributed by atoms with Gasteiger partial charge < -0.3 is 0 Å². The van der Waals surface area contributed by atoms with E-state index in [1.165, 1.54) is 14.7 Å². The summed E-state index contributed by atoms with van der Waals surface area (Å²) < 4.78 is 1.19. The van der Waals surface area contributed by atoms with Gasteiger partial charge in [-0.25, -0.2) is 0 Å². The maximum atomic E-state index is 4.30. The molecule has 1 aromatic carbocycles. The van der Waals surface area contributed by atoms with Crippen molar-refractivity contribution in [2.75, 3.05) is 0 Å². The third-order valence-electron chi connectivity index (χ3n) is 2.99. The van der Waals surface area contributed by atoms with E-state index in [1.807, 2.05) is 26.0 Å². The van der Waals surface area contributed by atoms with Crippen LogP contribution in [0.2, 0.25) is 0 Å². The van der Waals surface area contributed by atoms with Crippen molar-refractivity contribution in [3.8, 4) is 11.3 Å². The number of rotatable bonds is 2. The number of aromatic nitrogens is 2. The molecule has 0 aliphatic rings. The zero-order valence-corrected chi connectivity index (χ0v) is 12.9. The van der Waals surface area contributed by atoms with Gasteiger partial charge in [0.1, 0.15) is 0 Å². The molecule has 0 saturated heterocycles. The van der Waals surface area contributed by atoms with Gasteiger partial charge in [-0.05, 0) is 61.1 Å². The molecule has 1 aromatic heterocycles. The molecule has 0 spiro atoms. The van der Waals surface area contributed by atoms with Gasteiger partial charge in [-0.2, -0.15) is 10.2 Å². The first kappa shape index (κ1) is 13.2. The maximum Gasteiger partial charge on any atom is 0.0946 e. The number of nitrogens with zero attached hydrogens (tertiary/aromatic N) is 2. The first-order valence-electron chi connectivity index (χ1n) is 5.86. The van der Waals surface area contributed by atoms with Gasteiger partial charge in [0.25, 0.3) is 0 Å². The Labute approximate surface area is 121 Å². The summed E-state index contributed by atoms with van der Waals surface area (Å²) in [6.45, 7) is 6.14. The summed E-state index contributed by atoms with van der Waals surface area (Å²) >= 11 is 2.33. The van der Waals surface area contributed by atoms with E-state index >= 15 is 0 Å². The molecule has 1 heterocycles.